The number of carbonyl (C=O) groups excluding carboxylic acids is 1. The van der Waals surface area contributed by atoms with Gasteiger partial charge in [-0.3, -0.25) is 9.69 Å². The lowest BCUT2D eigenvalue weighted by atomic mass is 10.1. The van der Waals surface area contributed by atoms with Crippen LogP contribution in [0.2, 0.25) is 0 Å². The second-order valence-corrected chi connectivity index (χ2v) is 9.36. The topological polar surface area (TPSA) is 62.2 Å². The van der Waals surface area contributed by atoms with Crippen LogP contribution in [-0.2, 0) is 9.47 Å². The monoisotopic (exact) mass is 418 g/mol. The lowest BCUT2D eigenvalue weighted by Gasteiger charge is -2.36. The molecule has 6 heteroatoms. The first-order valence-corrected chi connectivity index (χ1v) is 11.4. The summed E-state index contributed by atoms with van der Waals surface area (Å²) < 4.78 is 11.6. The van der Waals surface area contributed by atoms with Crippen LogP contribution in [0, 0.1) is 18.8 Å². The Kier molecular flexibility index (Phi) is 8.69. The number of amides is 1. The molecule has 1 aromatic rings. The molecule has 168 valence electrons. The van der Waals surface area contributed by atoms with E-state index in [9.17, 15) is 9.90 Å². The third-order valence-electron chi connectivity index (χ3n) is 5.64. The largest absolute Gasteiger partial charge is 0.389 e. The Morgan fingerprint density at radius 3 is 2.63 bits per heavy atom. The third-order valence-corrected chi connectivity index (χ3v) is 5.64. The molecule has 0 spiro atoms. The molecule has 1 saturated heterocycles. The molecule has 1 aliphatic heterocycles. The van der Waals surface area contributed by atoms with E-state index in [4.69, 9.17) is 9.47 Å². The van der Waals surface area contributed by atoms with Crippen molar-refractivity contribution in [3.63, 3.8) is 0 Å². The van der Waals surface area contributed by atoms with Gasteiger partial charge in [0.25, 0.3) is 5.91 Å². The molecule has 2 fully saturated rings. The average molecular weight is 419 g/mol. The zero-order chi connectivity index (χ0) is 21.5. The highest BCUT2D eigenvalue weighted by molar-refractivity contribution is 5.94. The summed E-state index contributed by atoms with van der Waals surface area (Å²) in [6.07, 6.45) is 1.88. The zero-order valence-electron chi connectivity index (χ0n) is 18.8. The van der Waals surface area contributed by atoms with Crippen molar-refractivity contribution < 1.29 is 19.4 Å². The molecule has 1 saturated carbocycles. The van der Waals surface area contributed by atoms with E-state index in [0.29, 0.717) is 44.7 Å². The summed E-state index contributed by atoms with van der Waals surface area (Å²) in [5, 5.41) is 10.3. The molecule has 6 nitrogen and oxygen atoms in total. The number of hydrogen-bond donors (Lipinski definition) is 1. The first kappa shape index (κ1) is 23.2. The summed E-state index contributed by atoms with van der Waals surface area (Å²) >= 11 is 0. The fourth-order valence-electron chi connectivity index (χ4n) is 3.82. The number of aliphatic hydroxyl groups is 1. The summed E-state index contributed by atoms with van der Waals surface area (Å²) in [6, 6.07) is 7.81. The van der Waals surface area contributed by atoms with Gasteiger partial charge in [-0.1, -0.05) is 31.5 Å². The van der Waals surface area contributed by atoms with Crippen LogP contribution in [0.4, 0.5) is 0 Å². The minimum absolute atomic E-state index is 0.0318. The van der Waals surface area contributed by atoms with E-state index in [1.54, 1.807) is 0 Å². The second-order valence-electron chi connectivity index (χ2n) is 9.36. The molecule has 1 heterocycles. The fraction of sp³-hybridized carbons (Fsp3) is 0.708. The maximum Gasteiger partial charge on any atom is 0.253 e. The average Bonchev–Trinajstić information content (AvgIpc) is 3.51. The Balaban J connectivity index is 1.52. The molecule has 1 aromatic carbocycles. The quantitative estimate of drug-likeness (QED) is 0.599. The lowest BCUT2D eigenvalue weighted by molar-refractivity contribution is -0.0599. The van der Waals surface area contributed by atoms with Gasteiger partial charge in [-0.25, -0.2) is 0 Å². The van der Waals surface area contributed by atoms with Crippen LogP contribution < -0.4 is 0 Å². The number of rotatable bonds is 11. The summed E-state index contributed by atoms with van der Waals surface area (Å²) in [6.45, 7) is 11.4. The SMILES string of the molecule is Cc1ccc(C(=O)N(CC2CC2)CC2CN(CC(O)COCC(C)C)CCO2)cc1. The van der Waals surface area contributed by atoms with Crippen molar-refractivity contribution in [2.45, 2.75) is 45.8 Å². The maximum absolute atomic E-state index is 13.1. The number of benzene rings is 1. The summed E-state index contributed by atoms with van der Waals surface area (Å²) in [4.78, 5) is 17.3. The van der Waals surface area contributed by atoms with Gasteiger partial charge < -0.3 is 19.5 Å². The molecule has 0 bridgehead atoms. The lowest BCUT2D eigenvalue weighted by Crippen LogP contribution is -2.51. The molecular weight excluding hydrogens is 380 g/mol. The molecule has 2 unspecified atom stereocenters. The van der Waals surface area contributed by atoms with Gasteiger partial charge in [0.1, 0.15) is 0 Å². The van der Waals surface area contributed by atoms with Crippen LogP contribution >= 0.6 is 0 Å². The Hall–Kier alpha value is -1.47. The summed E-state index contributed by atoms with van der Waals surface area (Å²) in [7, 11) is 0. The van der Waals surface area contributed by atoms with Crippen LogP contribution in [0.3, 0.4) is 0 Å². The number of nitrogens with zero attached hydrogens (tertiary/aromatic N) is 2. The van der Waals surface area contributed by atoms with Crippen molar-refractivity contribution in [1.82, 2.24) is 9.80 Å². The highest BCUT2D eigenvalue weighted by Gasteiger charge is 2.31. The van der Waals surface area contributed by atoms with Gasteiger partial charge in [-0.15, -0.1) is 0 Å². The normalized spacial score (nSPS) is 21.0. The van der Waals surface area contributed by atoms with E-state index in [1.807, 2.05) is 36.1 Å². The van der Waals surface area contributed by atoms with Crippen molar-refractivity contribution in [1.29, 1.82) is 0 Å². The fourth-order valence-corrected chi connectivity index (χ4v) is 3.82. The van der Waals surface area contributed by atoms with Crippen LogP contribution in [0.25, 0.3) is 0 Å². The number of morpholine rings is 1. The Labute approximate surface area is 181 Å². The Morgan fingerprint density at radius 1 is 1.23 bits per heavy atom. The van der Waals surface area contributed by atoms with Crippen molar-refractivity contribution >= 4 is 5.91 Å². The number of aryl methyl sites for hydroxylation is 1. The van der Waals surface area contributed by atoms with Crippen molar-refractivity contribution in [2.24, 2.45) is 11.8 Å². The molecule has 2 aliphatic rings. The molecule has 0 radical (unpaired) electrons. The van der Waals surface area contributed by atoms with Gasteiger partial charge in [-0.2, -0.15) is 0 Å². The number of carbonyl (C=O) groups is 1. The molecule has 1 amide bonds. The molecule has 2 atom stereocenters. The van der Waals surface area contributed by atoms with Gasteiger partial charge in [0.2, 0.25) is 0 Å². The molecule has 1 N–H and O–H groups in total. The third kappa shape index (κ3) is 7.65. The van der Waals surface area contributed by atoms with E-state index in [0.717, 1.165) is 30.8 Å². The van der Waals surface area contributed by atoms with E-state index >= 15 is 0 Å². The van der Waals surface area contributed by atoms with Gasteiger partial charge in [0.15, 0.2) is 0 Å². The number of β-amino-alcohol motifs (C(OH)–C–C–N with tert-alkyl or cyclic N) is 1. The van der Waals surface area contributed by atoms with Crippen molar-refractivity contribution in [3.05, 3.63) is 35.4 Å². The highest BCUT2D eigenvalue weighted by atomic mass is 16.5. The first-order chi connectivity index (χ1) is 14.4. The first-order valence-electron chi connectivity index (χ1n) is 11.4. The van der Waals surface area contributed by atoms with Crippen molar-refractivity contribution in [3.8, 4) is 0 Å². The smallest absolute Gasteiger partial charge is 0.253 e. The zero-order valence-corrected chi connectivity index (χ0v) is 18.8. The Bertz CT molecular complexity index is 660. The highest BCUT2D eigenvalue weighted by Crippen LogP contribution is 2.30. The van der Waals surface area contributed by atoms with Crippen LogP contribution in [0.1, 0.15) is 42.6 Å². The molecule has 3 rings (SSSR count). The predicted octanol–water partition coefficient (Wildman–Crippen LogP) is 2.58. The van der Waals surface area contributed by atoms with Gasteiger partial charge >= 0.3 is 0 Å². The molecule has 1 aliphatic carbocycles. The second kappa shape index (κ2) is 11.2. The summed E-state index contributed by atoms with van der Waals surface area (Å²) in [5.74, 6) is 1.18. The van der Waals surface area contributed by atoms with Crippen LogP contribution in [0.15, 0.2) is 24.3 Å². The minimum Gasteiger partial charge on any atom is -0.389 e. The predicted molar refractivity (Wildman–Crippen MR) is 118 cm³/mol. The van der Waals surface area contributed by atoms with E-state index in [-0.39, 0.29) is 12.0 Å². The van der Waals surface area contributed by atoms with Gasteiger partial charge in [-0.05, 0) is 43.7 Å². The van der Waals surface area contributed by atoms with Crippen LogP contribution in [-0.4, -0.2) is 85.6 Å². The minimum atomic E-state index is -0.501. The molecule has 0 aromatic heterocycles. The van der Waals surface area contributed by atoms with E-state index < -0.39 is 6.10 Å². The van der Waals surface area contributed by atoms with E-state index in [1.165, 1.54) is 12.8 Å². The number of ether oxygens (including phenoxy) is 2. The standard InChI is InChI=1S/C24H38N2O4/c1-18(2)16-29-17-22(27)13-25-10-11-30-23(14-25)15-26(12-20-6-7-20)24(28)21-8-4-19(3)5-9-21/h4-5,8-9,18,20,22-23,27H,6-7,10-17H2,1-3H3. The van der Waals surface area contributed by atoms with Crippen LogP contribution in [0.5, 0.6) is 0 Å². The Morgan fingerprint density at radius 2 is 1.97 bits per heavy atom. The van der Waals surface area contributed by atoms with Gasteiger partial charge in [0, 0.05) is 44.9 Å². The molecular formula is C24H38N2O4. The van der Waals surface area contributed by atoms with Gasteiger partial charge in [0.05, 0.1) is 25.4 Å². The molecule has 30 heavy (non-hydrogen) atoms. The number of hydrogen-bond acceptors (Lipinski definition) is 5. The summed E-state index contributed by atoms with van der Waals surface area (Å²) in [5.41, 5.74) is 1.90. The number of aliphatic hydroxyl groups excluding tert-OH is 1. The van der Waals surface area contributed by atoms with E-state index in [2.05, 4.69) is 18.7 Å². The van der Waals surface area contributed by atoms with Crippen molar-refractivity contribution in [2.75, 3.05) is 52.5 Å². The maximum atomic E-state index is 13.1.